The molecule has 1 aromatic rings. The summed E-state index contributed by atoms with van der Waals surface area (Å²) in [5, 5.41) is 13.4. The highest BCUT2D eigenvalue weighted by molar-refractivity contribution is 7.12. The molecule has 17 heavy (non-hydrogen) atoms. The number of nitrogens with one attached hydrogen (secondary N) is 1. The normalized spacial score (nSPS) is 12.2. The average molecular weight is 255 g/mol. The Balaban J connectivity index is 2.77. The lowest BCUT2D eigenvalue weighted by atomic mass is 10.0. The van der Waals surface area contributed by atoms with Crippen LogP contribution in [-0.2, 0) is 4.79 Å². The molecule has 0 saturated carbocycles. The predicted octanol–water partition coefficient (Wildman–Crippen LogP) is 3.13. The van der Waals surface area contributed by atoms with E-state index >= 15 is 0 Å². The van der Waals surface area contributed by atoms with Crippen molar-refractivity contribution in [2.45, 2.75) is 33.6 Å². The van der Waals surface area contributed by atoms with Crippen molar-refractivity contribution in [3.8, 4) is 0 Å². The topological polar surface area (TPSA) is 66.4 Å². The average Bonchev–Trinajstić information content (AvgIpc) is 2.60. The highest BCUT2D eigenvalue weighted by Gasteiger charge is 2.17. The van der Waals surface area contributed by atoms with E-state index in [0.29, 0.717) is 18.0 Å². The first-order valence-corrected chi connectivity index (χ1v) is 6.44. The van der Waals surface area contributed by atoms with Gasteiger partial charge < -0.3 is 10.4 Å². The lowest BCUT2D eigenvalue weighted by Crippen LogP contribution is -2.16. The summed E-state index contributed by atoms with van der Waals surface area (Å²) in [6.45, 7) is 5.82. The maximum atomic E-state index is 11.7. The van der Waals surface area contributed by atoms with Gasteiger partial charge >= 0.3 is 5.97 Å². The van der Waals surface area contributed by atoms with Crippen LogP contribution in [-0.4, -0.2) is 17.0 Å². The third-order valence-electron chi connectivity index (χ3n) is 2.66. The van der Waals surface area contributed by atoms with Gasteiger partial charge in [-0.3, -0.25) is 4.79 Å². The number of carboxylic acids is 1. The van der Waals surface area contributed by atoms with Gasteiger partial charge in [0.1, 0.15) is 4.88 Å². The van der Waals surface area contributed by atoms with Crippen LogP contribution in [0.25, 0.3) is 0 Å². The number of rotatable bonds is 5. The summed E-state index contributed by atoms with van der Waals surface area (Å²) >= 11 is 1.14. The van der Waals surface area contributed by atoms with E-state index in [1.54, 1.807) is 12.3 Å². The number of carbonyl (C=O) groups is 2. The highest BCUT2D eigenvalue weighted by Crippen LogP contribution is 2.27. The number of thiophene rings is 1. The molecule has 0 radical (unpaired) electrons. The fourth-order valence-electron chi connectivity index (χ4n) is 1.41. The van der Waals surface area contributed by atoms with Crippen molar-refractivity contribution in [3.05, 3.63) is 15.8 Å². The molecule has 1 amide bonds. The first-order valence-electron chi connectivity index (χ1n) is 5.56. The van der Waals surface area contributed by atoms with Crippen LogP contribution in [0.1, 0.15) is 41.9 Å². The Bertz CT molecular complexity index is 425. The number of anilines is 1. The molecule has 0 aromatic carbocycles. The molecule has 1 aromatic heterocycles. The second kappa shape index (κ2) is 5.82. The van der Waals surface area contributed by atoms with Gasteiger partial charge in [0, 0.05) is 6.42 Å². The number of carbonyl (C=O) groups excluding carboxylic acids is 1. The maximum Gasteiger partial charge on any atom is 0.348 e. The fraction of sp³-hybridized carbons (Fsp3) is 0.500. The minimum atomic E-state index is -0.998. The Morgan fingerprint density at radius 3 is 2.71 bits per heavy atom. The van der Waals surface area contributed by atoms with Crippen molar-refractivity contribution < 1.29 is 14.7 Å². The Kier molecular flexibility index (Phi) is 4.69. The molecule has 1 rings (SSSR count). The van der Waals surface area contributed by atoms with Crippen LogP contribution in [0.3, 0.4) is 0 Å². The first kappa shape index (κ1) is 13.7. The summed E-state index contributed by atoms with van der Waals surface area (Å²) in [5.41, 5.74) is 1.24. The van der Waals surface area contributed by atoms with Gasteiger partial charge in [-0.1, -0.05) is 20.3 Å². The van der Waals surface area contributed by atoms with E-state index in [4.69, 9.17) is 5.11 Å². The zero-order valence-corrected chi connectivity index (χ0v) is 11.1. The number of aryl methyl sites for hydroxylation is 1. The summed E-state index contributed by atoms with van der Waals surface area (Å²) < 4.78 is 0. The molecule has 4 nitrogen and oxygen atoms in total. The smallest absolute Gasteiger partial charge is 0.348 e. The molecule has 0 aliphatic rings. The third-order valence-corrected chi connectivity index (χ3v) is 3.75. The molecule has 0 aliphatic heterocycles. The van der Waals surface area contributed by atoms with Crippen molar-refractivity contribution in [1.82, 2.24) is 0 Å². The lowest BCUT2D eigenvalue weighted by molar-refractivity contribution is -0.117. The van der Waals surface area contributed by atoms with Crippen molar-refractivity contribution in [1.29, 1.82) is 0 Å². The summed E-state index contributed by atoms with van der Waals surface area (Å²) in [5.74, 6) is -0.812. The van der Waals surface area contributed by atoms with E-state index in [2.05, 4.69) is 5.32 Å². The molecule has 0 saturated heterocycles. The van der Waals surface area contributed by atoms with Gasteiger partial charge in [-0.2, -0.15) is 0 Å². The van der Waals surface area contributed by atoms with Gasteiger partial charge in [-0.05, 0) is 23.8 Å². The van der Waals surface area contributed by atoms with Crippen molar-refractivity contribution in [2.24, 2.45) is 5.92 Å². The van der Waals surface area contributed by atoms with Crippen LogP contribution in [0.5, 0.6) is 0 Å². The monoisotopic (exact) mass is 255 g/mol. The number of aromatic carboxylic acids is 1. The predicted molar refractivity (Wildman–Crippen MR) is 68.7 cm³/mol. The summed E-state index contributed by atoms with van der Waals surface area (Å²) in [4.78, 5) is 22.9. The van der Waals surface area contributed by atoms with Gasteiger partial charge in [0.25, 0.3) is 0 Å². The lowest BCUT2D eigenvalue weighted by Gasteiger charge is -2.09. The molecule has 0 spiro atoms. The van der Waals surface area contributed by atoms with Gasteiger partial charge in [-0.25, -0.2) is 4.79 Å². The molecule has 2 N–H and O–H groups in total. The van der Waals surface area contributed by atoms with Crippen LogP contribution in [0.4, 0.5) is 5.69 Å². The van der Waals surface area contributed by atoms with Crippen LogP contribution >= 0.6 is 11.3 Å². The second-order valence-corrected chi connectivity index (χ2v) is 5.07. The second-order valence-electron chi connectivity index (χ2n) is 4.19. The molecular weight excluding hydrogens is 238 g/mol. The number of amides is 1. The molecule has 94 valence electrons. The third kappa shape index (κ3) is 3.56. The number of carboxylic acid groups (broad SMARTS) is 1. The Labute approximate surface area is 105 Å². The largest absolute Gasteiger partial charge is 0.477 e. The number of hydrogen-bond donors (Lipinski definition) is 2. The molecule has 1 unspecified atom stereocenters. The first-order chi connectivity index (χ1) is 7.95. The molecule has 0 bridgehead atoms. The van der Waals surface area contributed by atoms with Gasteiger partial charge in [0.15, 0.2) is 0 Å². The van der Waals surface area contributed by atoms with Crippen molar-refractivity contribution >= 4 is 28.9 Å². The van der Waals surface area contributed by atoms with Crippen LogP contribution in [0.2, 0.25) is 0 Å². The van der Waals surface area contributed by atoms with Crippen LogP contribution in [0, 0.1) is 12.8 Å². The summed E-state index contributed by atoms with van der Waals surface area (Å²) in [7, 11) is 0. The maximum absolute atomic E-state index is 11.7. The zero-order chi connectivity index (χ0) is 13.0. The van der Waals surface area contributed by atoms with E-state index in [1.165, 1.54) is 0 Å². The molecule has 1 atom stereocenters. The molecule has 0 aliphatic carbocycles. The van der Waals surface area contributed by atoms with Gasteiger partial charge in [0.2, 0.25) is 5.91 Å². The molecule has 5 heteroatoms. The van der Waals surface area contributed by atoms with E-state index in [-0.39, 0.29) is 10.8 Å². The van der Waals surface area contributed by atoms with Crippen molar-refractivity contribution in [2.75, 3.05) is 5.32 Å². The Hall–Kier alpha value is -1.36. The number of hydrogen-bond acceptors (Lipinski definition) is 3. The standard InChI is InChI=1S/C12H17NO3S/c1-4-7(2)5-9(14)13-10-8(3)6-17-11(10)12(15)16/h6-7H,4-5H2,1-3H3,(H,13,14)(H,15,16). The van der Waals surface area contributed by atoms with E-state index in [9.17, 15) is 9.59 Å². The minimum Gasteiger partial charge on any atom is -0.477 e. The fourth-order valence-corrected chi connectivity index (χ4v) is 2.25. The molecule has 0 fully saturated rings. The summed E-state index contributed by atoms with van der Waals surface area (Å²) in [6, 6.07) is 0. The van der Waals surface area contributed by atoms with Crippen LogP contribution < -0.4 is 5.32 Å². The Morgan fingerprint density at radius 2 is 2.18 bits per heavy atom. The van der Waals surface area contributed by atoms with E-state index in [0.717, 1.165) is 23.3 Å². The minimum absolute atomic E-state index is 0.122. The van der Waals surface area contributed by atoms with Crippen LogP contribution in [0.15, 0.2) is 5.38 Å². The summed E-state index contributed by atoms with van der Waals surface area (Å²) in [6.07, 6.45) is 1.35. The Morgan fingerprint density at radius 1 is 1.53 bits per heavy atom. The van der Waals surface area contributed by atoms with E-state index < -0.39 is 5.97 Å². The van der Waals surface area contributed by atoms with E-state index in [1.807, 2.05) is 13.8 Å². The highest BCUT2D eigenvalue weighted by atomic mass is 32.1. The van der Waals surface area contributed by atoms with Gasteiger partial charge in [-0.15, -0.1) is 11.3 Å². The zero-order valence-electron chi connectivity index (χ0n) is 10.2. The quantitative estimate of drug-likeness (QED) is 0.849. The van der Waals surface area contributed by atoms with Gasteiger partial charge in [0.05, 0.1) is 5.69 Å². The van der Waals surface area contributed by atoms with Crippen molar-refractivity contribution in [3.63, 3.8) is 0 Å². The SMILES string of the molecule is CCC(C)CC(=O)Nc1c(C)csc1C(=O)O. The molecular formula is C12H17NO3S. The molecule has 1 heterocycles.